The molecule has 0 radical (unpaired) electrons. The Morgan fingerprint density at radius 3 is 2.25 bits per heavy atom. The van der Waals surface area contributed by atoms with Crippen molar-refractivity contribution in [1.82, 2.24) is 10.6 Å². The molecule has 96 valence electrons. The summed E-state index contributed by atoms with van der Waals surface area (Å²) < 4.78 is 0. The van der Waals surface area contributed by atoms with Crippen LogP contribution in [0.3, 0.4) is 0 Å². The van der Waals surface area contributed by atoms with Gasteiger partial charge in [0.1, 0.15) is 0 Å². The summed E-state index contributed by atoms with van der Waals surface area (Å²) in [5.41, 5.74) is 0. The van der Waals surface area contributed by atoms with E-state index < -0.39 is 0 Å². The number of nitrogens with one attached hydrogen (secondary N) is 2. The number of hydrogen-bond donors (Lipinski definition) is 2. The first kappa shape index (κ1) is 15.4. The van der Waals surface area contributed by atoms with Crippen molar-refractivity contribution in [2.75, 3.05) is 6.54 Å². The van der Waals surface area contributed by atoms with Gasteiger partial charge in [-0.15, -0.1) is 0 Å². The summed E-state index contributed by atoms with van der Waals surface area (Å²) >= 11 is 0. The molecule has 0 aliphatic carbocycles. The zero-order valence-electron chi connectivity index (χ0n) is 11.5. The molecule has 16 heavy (non-hydrogen) atoms. The Labute approximate surface area is 100 Å². The second-order valence-electron chi connectivity index (χ2n) is 5.04. The van der Waals surface area contributed by atoms with E-state index in [0.29, 0.717) is 24.4 Å². The van der Waals surface area contributed by atoms with Crippen LogP contribution in [0.25, 0.3) is 0 Å². The maximum absolute atomic E-state index is 11.6. The molecule has 1 unspecified atom stereocenters. The Bertz CT molecular complexity index is 190. The van der Waals surface area contributed by atoms with Crippen LogP contribution in [0.1, 0.15) is 53.9 Å². The average Bonchev–Trinajstić information content (AvgIpc) is 2.20. The normalized spacial score (nSPS) is 13.2. The van der Waals surface area contributed by atoms with Crippen molar-refractivity contribution >= 4 is 5.91 Å². The lowest BCUT2D eigenvalue weighted by molar-refractivity contribution is -0.122. The minimum atomic E-state index is 0.186. The third-order valence-corrected chi connectivity index (χ3v) is 2.72. The number of carbonyl (C=O) groups is 1. The monoisotopic (exact) mass is 228 g/mol. The van der Waals surface area contributed by atoms with Crippen molar-refractivity contribution in [3.8, 4) is 0 Å². The molecular formula is C13H28N2O. The predicted octanol–water partition coefficient (Wildman–Crippen LogP) is 2.32. The molecule has 1 atom stereocenters. The van der Waals surface area contributed by atoms with E-state index in [0.717, 1.165) is 19.4 Å². The van der Waals surface area contributed by atoms with Crippen molar-refractivity contribution in [2.24, 2.45) is 5.92 Å². The van der Waals surface area contributed by atoms with Crippen molar-refractivity contribution < 1.29 is 4.79 Å². The molecule has 0 saturated heterocycles. The number of rotatable bonds is 8. The van der Waals surface area contributed by atoms with Crippen LogP contribution in [-0.2, 0) is 4.79 Å². The summed E-state index contributed by atoms with van der Waals surface area (Å²) in [6.07, 6.45) is 2.55. The van der Waals surface area contributed by atoms with Gasteiger partial charge in [0.15, 0.2) is 0 Å². The topological polar surface area (TPSA) is 41.1 Å². The van der Waals surface area contributed by atoms with E-state index in [9.17, 15) is 4.79 Å². The standard InChI is InChI=1S/C13H28N2O/c1-6-12(10(2)3)15-13(16)8-7-9-14-11(4)5/h10-12,14H,6-9H2,1-5H3,(H,15,16). The van der Waals surface area contributed by atoms with E-state index in [1.807, 2.05) is 0 Å². The van der Waals surface area contributed by atoms with Crippen molar-refractivity contribution in [3.63, 3.8) is 0 Å². The van der Waals surface area contributed by atoms with Gasteiger partial charge in [0.2, 0.25) is 5.91 Å². The Kier molecular flexibility index (Phi) is 8.26. The van der Waals surface area contributed by atoms with Gasteiger partial charge in [-0.2, -0.15) is 0 Å². The Hall–Kier alpha value is -0.570. The summed E-state index contributed by atoms with van der Waals surface area (Å²) in [6, 6.07) is 0.827. The maximum atomic E-state index is 11.6. The van der Waals surface area contributed by atoms with Gasteiger partial charge in [-0.3, -0.25) is 4.79 Å². The van der Waals surface area contributed by atoms with E-state index in [1.54, 1.807) is 0 Å². The quantitative estimate of drug-likeness (QED) is 0.626. The van der Waals surface area contributed by atoms with Crippen molar-refractivity contribution in [3.05, 3.63) is 0 Å². The molecule has 0 fully saturated rings. The summed E-state index contributed by atoms with van der Waals surface area (Å²) in [5.74, 6) is 0.703. The predicted molar refractivity (Wildman–Crippen MR) is 69.4 cm³/mol. The summed E-state index contributed by atoms with van der Waals surface area (Å²) in [4.78, 5) is 11.6. The van der Waals surface area contributed by atoms with E-state index in [2.05, 4.69) is 45.3 Å². The van der Waals surface area contributed by atoms with E-state index in [-0.39, 0.29) is 5.91 Å². The highest BCUT2D eigenvalue weighted by atomic mass is 16.1. The summed E-state index contributed by atoms with van der Waals surface area (Å²) in [5, 5.41) is 6.40. The number of hydrogen-bond acceptors (Lipinski definition) is 2. The molecule has 3 heteroatoms. The molecule has 0 rings (SSSR count). The fourth-order valence-corrected chi connectivity index (χ4v) is 1.66. The minimum Gasteiger partial charge on any atom is -0.353 e. The van der Waals surface area contributed by atoms with Crippen molar-refractivity contribution in [1.29, 1.82) is 0 Å². The molecule has 0 heterocycles. The first-order valence-corrected chi connectivity index (χ1v) is 6.50. The molecule has 0 bridgehead atoms. The molecule has 0 aromatic heterocycles. The second-order valence-corrected chi connectivity index (χ2v) is 5.04. The second kappa shape index (κ2) is 8.57. The lowest BCUT2D eigenvalue weighted by Gasteiger charge is -2.20. The van der Waals surface area contributed by atoms with Crippen LogP contribution in [0.4, 0.5) is 0 Å². The smallest absolute Gasteiger partial charge is 0.220 e. The SMILES string of the molecule is CCC(NC(=O)CCCNC(C)C)C(C)C. The fourth-order valence-electron chi connectivity index (χ4n) is 1.66. The van der Waals surface area contributed by atoms with Crippen molar-refractivity contribution in [2.45, 2.75) is 66.0 Å². The third-order valence-electron chi connectivity index (χ3n) is 2.72. The summed E-state index contributed by atoms with van der Waals surface area (Å²) in [6.45, 7) is 11.6. The third kappa shape index (κ3) is 7.69. The molecule has 0 aromatic carbocycles. The van der Waals surface area contributed by atoms with E-state index >= 15 is 0 Å². The molecule has 1 amide bonds. The highest BCUT2D eigenvalue weighted by Gasteiger charge is 2.13. The van der Waals surface area contributed by atoms with Gasteiger partial charge in [-0.05, 0) is 25.3 Å². The highest BCUT2D eigenvalue weighted by molar-refractivity contribution is 5.76. The molecule has 0 aromatic rings. The van der Waals surface area contributed by atoms with Gasteiger partial charge in [-0.25, -0.2) is 0 Å². The number of amides is 1. The minimum absolute atomic E-state index is 0.186. The first-order valence-electron chi connectivity index (χ1n) is 6.50. The zero-order chi connectivity index (χ0) is 12.6. The van der Waals surface area contributed by atoms with Crippen LogP contribution >= 0.6 is 0 Å². The van der Waals surface area contributed by atoms with E-state index in [1.165, 1.54) is 0 Å². The Morgan fingerprint density at radius 1 is 1.19 bits per heavy atom. The van der Waals surface area contributed by atoms with Crippen LogP contribution in [-0.4, -0.2) is 24.5 Å². The lowest BCUT2D eigenvalue weighted by Crippen LogP contribution is -2.38. The molecule has 0 saturated carbocycles. The van der Waals surface area contributed by atoms with Crippen LogP contribution in [0.15, 0.2) is 0 Å². The van der Waals surface area contributed by atoms with Gasteiger partial charge >= 0.3 is 0 Å². The molecular weight excluding hydrogens is 200 g/mol. The molecule has 0 aliphatic rings. The Balaban J connectivity index is 3.65. The molecule has 2 N–H and O–H groups in total. The molecule has 3 nitrogen and oxygen atoms in total. The van der Waals surface area contributed by atoms with Gasteiger partial charge in [0, 0.05) is 18.5 Å². The fraction of sp³-hybridized carbons (Fsp3) is 0.923. The van der Waals surface area contributed by atoms with Crippen LogP contribution in [0, 0.1) is 5.92 Å². The lowest BCUT2D eigenvalue weighted by atomic mass is 10.0. The van der Waals surface area contributed by atoms with Gasteiger partial charge in [-0.1, -0.05) is 34.6 Å². The van der Waals surface area contributed by atoms with E-state index in [4.69, 9.17) is 0 Å². The highest BCUT2D eigenvalue weighted by Crippen LogP contribution is 2.05. The maximum Gasteiger partial charge on any atom is 0.220 e. The van der Waals surface area contributed by atoms with Gasteiger partial charge < -0.3 is 10.6 Å². The van der Waals surface area contributed by atoms with Crippen LogP contribution in [0.5, 0.6) is 0 Å². The number of carbonyl (C=O) groups excluding carboxylic acids is 1. The summed E-state index contributed by atoms with van der Waals surface area (Å²) in [7, 11) is 0. The zero-order valence-corrected chi connectivity index (χ0v) is 11.5. The van der Waals surface area contributed by atoms with Crippen LogP contribution in [0.2, 0.25) is 0 Å². The Morgan fingerprint density at radius 2 is 1.81 bits per heavy atom. The van der Waals surface area contributed by atoms with Gasteiger partial charge in [0.25, 0.3) is 0 Å². The van der Waals surface area contributed by atoms with Crippen LogP contribution < -0.4 is 10.6 Å². The molecule has 0 aliphatic heterocycles. The average molecular weight is 228 g/mol. The largest absolute Gasteiger partial charge is 0.353 e. The first-order chi connectivity index (χ1) is 7.47. The van der Waals surface area contributed by atoms with Gasteiger partial charge in [0.05, 0.1) is 0 Å². The molecule has 0 spiro atoms.